The Balaban J connectivity index is 1.71. The lowest BCUT2D eigenvalue weighted by Gasteiger charge is -2.29. The van der Waals surface area contributed by atoms with E-state index in [0.29, 0.717) is 24.5 Å². The minimum Gasteiger partial charge on any atom is -0.330 e. The summed E-state index contributed by atoms with van der Waals surface area (Å²) in [7, 11) is 0. The summed E-state index contributed by atoms with van der Waals surface area (Å²) in [5.41, 5.74) is 1.58. The van der Waals surface area contributed by atoms with Gasteiger partial charge in [0.05, 0.1) is 0 Å². The summed E-state index contributed by atoms with van der Waals surface area (Å²) in [5, 5.41) is 9.53. The minimum atomic E-state index is -0.436. The average molecular weight is 327 g/mol. The van der Waals surface area contributed by atoms with Gasteiger partial charge < -0.3 is 10.2 Å². The summed E-state index contributed by atoms with van der Waals surface area (Å²) < 4.78 is 0. The van der Waals surface area contributed by atoms with E-state index >= 15 is 0 Å². The molecule has 3 rings (SSSR count). The maximum absolute atomic E-state index is 12.7. The van der Waals surface area contributed by atoms with E-state index in [1.807, 2.05) is 38.1 Å². The van der Waals surface area contributed by atoms with Crippen LogP contribution in [0.5, 0.6) is 0 Å². The first-order valence-electron chi connectivity index (χ1n) is 8.12. The van der Waals surface area contributed by atoms with Crippen LogP contribution in [0.1, 0.15) is 26.7 Å². The second-order valence-corrected chi connectivity index (χ2v) is 6.28. The Bertz CT molecular complexity index is 709. The quantitative estimate of drug-likeness (QED) is 0.879. The topological polar surface area (TPSA) is 91.0 Å². The van der Waals surface area contributed by atoms with Crippen molar-refractivity contribution in [3.63, 3.8) is 0 Å². The van der Waals surface area contributed by atoms with Crippen LogP contribution >= 0.6 is 0 Å². The highest BCUT2D eigenvalue weighted by Gasteiger charge is 2.34. The fraction of sp³-hybridized carbons (Fsp3) is 0.412. The number of hydrogen-bond donors (Lipinski definition) is 2. The van der Waals surface area contributed by atoms with Crippen molar-refractivity contribution in [1.29, 1.82) is 0 Å². The van der Waals surface area contributed by atoms with E-state index in [4.69, 9.17) is 0 Å². The molecule has 0 spiro atoms. The van der Waals surface area contributed by atoms with Gasteiger partial charge in [0.1, 0.15) is 12.4 Å². The number of hydrogen-bond acceptors (Lipinski definition) is 4. The third kappa shape index (κ3) is 3.29. The molecule has 0 aliphatic carbocycles. The van der Waals surface area contributed by atoms with Gasteiger partial charge in [0.2, 0.25) is 11.8 Å². The van der Waals surface area contributed by atoms with Crippen molar-refractivity contribution in [3.05, 3.63) is 30.6 Å². The van der Waals surface area contributed by atoms with Crippen molar-refractivity contribution in [3.8, 4) is 11.4 Å². The molecule has 2 aromatic rings. The molecule has 126 valence electrons. The van der Waals surface area contributed by atoms with Crippen LogP contribution in [0, 0.1) is 5.92 Å². The lowest BCUT2D eigenvalue weighted by atomic mass is 10.0. The first kappa shape index (κ1) is 16.2. The summed E-state index contributed by atoms with van der Waals surface area (Å²) in [6.45, 7) is 4.57. The molecule has 1 aliphatic heterocycles. The molecular weight excluding hydrogens is 306 g/mol. The molecule has 24 heavy (non-hydrogen) atoms. The van der Waals surface area contributed by atoms with E-state index < -0.39 is 6.04 Å². The molecule has 0 radical (unpaired) electrons. The van der Waals surface area contributed by atoms with Gasteiger partial charge in [-0.3, -0.25) is 14.7 Å². The number of nitrogens with one attached hydrogen (secondary N) is 2. The molecule has 1 aromatic heterocycles. The first-order chi connectivity index (χ1) is 11.6. The van der Waals surface area contributed by atoms with Crippen molar-refractivity contribution >= 4 is 17.5 Å². The molecule has 2 amide bonds. The Kier molecular flexibility index (Phi) is 4.59. The van der Waals surface area contributed by atoms with Crippen LogP contribution in [-0.4, -0.2) is 44.5 Å². The largest absolute Gasteiger partial charge is 0.330 e. The van der Waals surface area contributed by atoms with Gasteiger partial charge in [-0.1, -0.05) is 13.8 Å². The molecule has 0 saturated carbocycles. The molecular formula is C17H21N5O2. The summed E-state index contributed by atoms with van der Waals surface area (Å²) in [6.07, 6.45) is 2.80. The van der Waals surface area contributed by atoms with Crippen LogP contribution in [0.3, 0.4) is 0 Å². The van der Waals surface area contributed by atoms with Gasteiger partial charge in [0.15, 0.2) is 5.82 Å². The average Bonchev–Trinajstić information content (AvgIpc) is 3.21. The van der Waals surface area contributed by atoms with Crippen LogP contribution in [0.15, 0.2) is 30.6 Å². The molecule has 1 atom stereocenters. The number of rotatable bonds is 5. The highest BCUT2D eigenvalue weighted by atomic mass is 16.2. The molecule has 2 N–H and O–H groups in total. The lowest BCUT2D eigenvalue weighted by molar-refractivity contribution is -0.136. The number of carbonyl (C=O) groups is 2. The zero-order chi connectivity index (χ0) is 17.1. The van der Waals surface area contributed by atoms with Crippen LogP contribution < -0.4 is 5.32 Å². The number of anilines is 1. The third-order valence-corrected chi connectivity index (χ3v) is 4.19. The summed E-state index contributed by atoms with van der Waals surface area (Å²) in [5.74, 6) is 0.647. The lowest BCUT2D eigenvalue weighted by Crippen LogP contribution is -2.47. The zero-order valence-corrected chi connectivity index (χ0v) is 13.8. The number of nitrogens with zero attached hydrogens (tertiary/aromatic N) is 3. The van der Waals surface area contributed by atoms with Crippen molar-refractivity contribution in [2.24, 2.45) is 5.92 Å². The normalized spacial score (nSPS) is 15.8. The van der Waals surface area contributed by atoms with E-state index in [1.165, 1.54) is 6.33 Å². The number of likely N-dealkylation sites (tertiary alicyclic amines) is 1. The molecule has 0 bridgehead atoms. The highest BCUT2D eigenvalue weighted by Crippen LogP contribution is 2.22. The Morgan fingerprint density at radius 2 is 2.04 bits per heavy atom. The Morgan fingerprint density at radius 1 is 1.29 bits per heavy atom. The van der Waals surface area contributed by atoms with Crippen LogP contribution in [0.2, 0.25) is 0 Å². The third-order valence-electron chi connectivity index (χ3n) is 4.19. The SMILES string of the molecule is CC(C)C(C(=O)Nc1ccc(-c2ncn[nH]2)cc1)N1CCCC1=O. The van der Waals surface area contributed by atoms with Crippen molar-refractivity contribution < 1.29 is 9.59 Å². The first-order valence-corrected chi connectivity index (χ1v) is 8.12. The van der Waals surface area contributed by atoms with Crippen molar-refractivity contribution in [1.82, 2.24) is 20.1 Å². The Labute approximate surface area is 140 Å². The van der Waals surface area contributed by atoms with Crippen molar-refractivity contribution in [2.75, 3.05) is 11.9 Å². The molecule has 7 heteroatoms. The van der Waals surface area contributed by atoms with Gasteiger partial charge in [0.25, 0.3) is 0 Å². The highest BCUT2D eigenvalue weighted by molar-refractivity contribution is 5.97. The number of aromatic nitrogens is 3. The van der Waals surface area contributed by atoms with E-state index in [2.05, 4.69) is 20.5 Å². The van der Waals surface area contributed by atoms with Crippen LogP contribution in [0.4, 0.5) is 5.69 Å². The number of H-pyrrole nitrogens is 1. The molecule has 1 unspecified atom stereocenters. The molecule has 1 saturated heterocycles. The molecule has 2 heterocycles. The van der Waals surface area contributed by atoms with Gasteiger partial charge in [-0.25, -0.2) is 4.98 Å². The second kappa shape index (κ2) is 6.82. The fourth-order valence-corrected chi connectivity index (χ4v) is 3.04. The maximum Gasteiger partial charge on any atom is 0.247 e. The zero-order valence-electron chi connectivity index (χ0n) is 13.8. The number of amides is 2. The van der Waals surface area contributed by atoms with E-state index in [9.17, 15) is 9.59 Å². The van der Waals surface area contributed by atoms with Gasteiger partial charge in [-0.2, -0.15) is 5.10 Å². The number of benzene rings is 1. The molecule has 1 aromatic carbocycles. The predicted octanol–water partition coefficient (Wildman–Crippen LogP) is 2.06. The number of carbonyl (C=O) groups excluding carboxylic acids is 2. The van der Waals surface area contributed by atoms with Gasteiger partial charge in [-0.15, -0.1) is 0 Å². The second-order valence-electron chi connectivity index (χ2n) is 6.28. The van der Waals surface area contributed by atoms with Crippen LogP contribution in [-0.2, 0) is 9.59 Å². The smallest absolute Gasteiger partial charge is 0.247 e. The maximum atomic E-state index is 12.7. The van der Waals surface area contributed by atoms with E-state index in [-0.39, 0.29) is 17.7 Å². The number of aromatic amines is 1. The fourth-order valence-electron chi connectivity index (χ4n) is 3.04. The predicted molar refractivity (Wildman–Crippen MR) is 90.0 cm³/mol. The minimum absolute atomic E-state index is 0.0560. The summed E-state index contributed by atoms with van der Waals surface area (Å²) in [6, 6.07) is 6.93. The summed E-state index contributed by atoms with van der Waals surface area (Å²) in [4.78, 5) is 30.4. The Morgan fingerprint density at radius 3 is 2.58 bits per heavy atom. The van der Waals surface area contributed by atoms with Crippen molar-refractivity contribution in [2.45, 2.75) is 32.7 Å². The Hall–Kier alpha value is -2.70. The van der Waals surface area contributed by atoms with Gasteiger partial charge >= 0.3 is 0 Å². The molecule has 1 aliphatic rings. The van der Waals surface area contributed by atoms with Gasteiger partial charge in [-0.05, 0) is 36.6 Å². The molecule has 1 fully saturated rings. The standard InChI is InChI=1S/C17H21N5O2/c1-11(2)15(22-9-3-4-14(22)23)17(24)20-13-7-5-12(6-8-13)16-18-10-19-21-16/h5-8,10-11,15H,3-4,9H2,1-2H3,(H,20,24)(H,18,19,21). The molecule has 7 nitrogen and oxygen atoms in total. The van der Waals surface area contributed by atoms with Gasteiger partial charge in [0, 0.05) is 24.2 Å². The van der Waals surface area contributed by atoms with Crippen LogP contribution in [0.25, 0.3) is 11.4 Å². The summed E-state index contributed by atoms with van der Waals surface area (Å²) >= 11 is 0. The monoisotopic (exact) mass is 327 g/mol. The van der Waals surface area contributed by atoms with E-state index in [0.717, 1.165) is 12.0 Å². The van der Waals surface area contributed by atoms with E-state index in [1.54, 1.807) is 4.90 Å².